The summed E-state index contributed by atoms with van der Waals surface area (Å²) >= 11 is 0. The average molecular weight is 318 g/mol. The van der Waals surface area contributed by atoms with Gasteiger partial charge in [-0.3, -0.25) is 0 Å². The molecule has 0 atom stereocenters. The first-order valence-corrected chi connectivity index (χ1v) is 8.10. The summed E-state index contributed by atoms with van der Waals surface area (Å²) in [4.78, 5) is 18.4. The SMILES string of the molecule is Cc1ccc(CCN2Cc3cc4ccccc4nc3OC2=O)cc1. The molecule has 3 aromatic rings. The Bertz CT molecular complexity index is 903. The number of aromatic nitrogens is 1. The topological polar surface area (TPSA) is 42.4 Å². The summed E-state index contributed by atoms with van der Waals surface area (Å²) in [6, 6.07) is 18.3. The number of para-hydroxylation sites is 1. The quantitative estimate of drug-likeness (QED) is 0.730. The summed E-state index contributed by atoms with van der Waals surface area (Å²) < 4.78 is 5.44. The van der Waals surface area contributed by atoms with E-state index < -0.39 is 0 Å². The molecular weight excluding hydrogens is 300 g/mol. The molecule has 4 nitrogen and oxygen atoms in total. The fourth-order valence-electron chi connectivity index (χ4n) is 2.95. The molecule has 4 rings (SSSR count). The van der Waals surface area contributed by atoms with Crippen molar-refractivity contribution in [2.45, 2.75) is 19.9 Å². The minimum Gasteiger partial charge on any atom is -0.391 e. The summed E-state index contributed by atoms with van der Waals surface area (Å²) in [5, 5.41) is 1.06. The van der Waals surface area contributed by atoms with Gasteiger partial charge in [-0.15, -0.1) is 0 Å². The minimum atomic E-state index is -0.322. The summed E-state index contributed by atoms with van der Waals surface area (Å²) in [5.74, 6) is 0.435. The monoisotopic (exact) mass is 318 g/mol. The number of rotatable bonds is 3. The summed E-state index contributed by atoms with van der Waals surface area (Å²) in [5.41, 5.74) is 4.26. The van der Waals surface area contributed by atoms with E-state index in [1.165, 1.54) is 11.1 Å². The molecule has 1 aliphatic heterocycles. The first-order chi connectivity index (χ1) is 11.7. The van der Waals surface area contributed by atoms with Crippen LogP contribution < -0.4 is 4.74 Å². The number of pyridine rings is 1. The van der Waals surface area contributed by atoms with E-state index in [4.69, 9.17) is 4.74 Å². The molecule has 120 valence electrons. The molecule has 24 heavy (non-hydrogen) atoms. The van der Waals surface area contributed by atoms with E-state index in [0.29, 0.717) is 19.0 Å². The third kappa shape index (κ3) is 2.83. The second-order valence-corrected chi connectivity index (χ2v) is 6.17. The molecule has 1 aliphatic rings. The van der Waals surface area contributed by atoms with Gasteiger partial charge in [0.15, 0.2) is 0 Å². The van der Waals surface area contributed by atoms with Gasteiger partial charge in [-0.1, -0.05) is 48.0 Å². The highest BCUT2D eigenvalue weighted by atomic mass is 16.6. The number of aryl methyl sites for hydroxylation is 1. The van der Waals surface area contributed by atoms with E-state index in [1.54, 1.807) is 4.90 Å². The van der Waals surface area contributed by atoms with Gasteiger partial charge in [-0.2, -0.15) is 0 Å². The van der Waals surface area contributed by atoms with Crippen molar-refractivity contribution in [1.29, 1.82) is 0 Å². The van der Waals surface area contributed by atoms with Crippen molar-refractivity contribution in [3.8, 4) is 5.88 Å². The molecule has 0 radical (unpaired) electrons. The van der Waals surface area contributed by atoms with E-state index in [-0.39, 0.29) is 6.09 Å². The van der Waals surface area contributed by atoms with Crippen molar-refractivity contribution in [3.63, 3.8) is 0 Å². The van der Waals surface area contributed by atoms with Crippen molar-refractivity contribution in [3.05, 3.63) is 71.3 Å². The molecule has 0 spiro atoms. The van der Waals surface area contributed by atoms with Gasteiger partial charge in [0, 0.05) is 17.5 Å². The van der Waals surface area contributed by atoms with Crippen molar-refractivity contribution in [1.82, 2.24) is 9.88 Å². The van der Waals surface area contributed by atoms with Crippen LogP contribution >= 0.6 is 0 Å². The van der Waals surface area contributed by atoms with Crippen LogP contribution in [0, 0.1) is 6.92 Å². The number of ether oxygens (including phenoxy) is 1. The van der Waals surface area contributed by atoms with Crippen molar-refractivity contribution in [2.24, 2.45) is 0 Å². The number of benzene rings is 2. The van der Waals surface area contributed by atoms with Gasteiger partial charge in [0.25, 0.3) is 0 Å². The maximum absolute atomic E-state index is 12.2. The largest absolute Gasteiger partial charge is 0.416 e. The Labute approximate surface area is 140 Å². The molecule has 0 fully saturated rings. The number of hydrogen-bond acceptors (Lipinski definition) is 3. The number of fused-ring (bicyclic) bond motifs is 2. The lowest BCUT2D eigenvalue weighted by atomic mass is 10.1. The smallest absolute Gasteiger partial charge is 0.391 e. The molecule has 0 aliphatic carbocycles. The van der Waals surface area contributed by atoms with E-state index in [9.17, 15) is 4.79 Å². The standard InChI is InChI=1S/C20H18N2O2/c1-14-6-8-15(9-7-14)10-11-22-13-17-12-16-4-2-3-5-18(16)21-19(17)24-20(22)23/h2-9,12H,10-11,13H2,1H3. The summed E-state index contributed by atoms with van der Waals surface area (Å²) in [7, 11) is 0. The van der Waals surface area contributed by atoms with Crippen LogP contribution in [0.1, 0.15) is 16.7 Å². The van der Waals surface area contributed by atoms with Crippen molar-refractivity contribution < 1.29 is 9.53 Å². The molecule has 0 N–H and O–H groups in total. The second kappa shape index (κ2) is 5.96. The van der Waals surface area contributed by atoms with E-state index in [2.05, 4.69) is 42.2 Å². The Hall–Kier alpha value is -2.88. The molecule has 1 amide bonds. The van der Waals surface area contributed by atoms with Crippen LogP contribution in [0.4, 0.5) is 4.79 Å². The number of carbonyl (C=O) groups is 1. The Kier molecular flexibility index (Phi) is 3.65. The van der Waals surface area contributed by atoms with Crippen LogP contribution in [0.25, 0.3) is 10.9 Å². The summed E-state index contributed by atoms with van der Waals surface area (Å²) in [6.45, 7) is 3.24. The van der Waals surface area contributed by atoms with Crippen LogP contribution in [0.5, 0.6) is 5.88 Å². The Morgan fingerprint density at radius 1 is 1.12 bits per heavy atom. The third-order valence-corrected chi connectivity index (χ3v) is 4.36. The van der Waals surface area contributed by atoms with Gasteiger partial charge in [-0.05, 0) is 31.0 Å². The Morgan fingerprint density at radius 2 is 1.92 bits per heavy atom. The van der Waals surface area contributed by atoms with Crippen LogP contribution in [0.15, 0.2) is 54.6 Å². The predicted molar refractivity (Wildman–Crippen MR) is 93.1 cm³/mol. The van der Waals surface area contributed by atoms with Crippen LogP contribution in [-0.2, 0) is 13.0 Å². The van der Waals surface area contributed by atoms with Gasteiger partial charge in [0.1, 0.15) is 0 Å². The van der Waals surface area contributed by atoms with Gasteiger partial charge in [0.2, 0.25) is 5.88 Å². The van der Waals surface area contributed by atoms with Crippen molar-refractivity contribution in [2.75, 3.05) is 6.54 Å². The zero-order chi connectivity index (χ0) is 16.5. The van der Waals surface area contributed by atoms with Crippen molar-refractivity contribution >= 4 is 17.0 Å². The molecule has 0 saturated heterocycles. The number of amides is 1. The molecule has 2 aromatic carbocycles. The lowest BCUT2D eigenvalue weighted by Gasteiger charge is -2.27. The van der Waals surface area contributed by atoms with Gasteiger partial charge < -0.3 is 9.64 Å². The highest BCUT2D eigenvalue weighted by molar-refractivity contribution is 5.82. The predicted octanol–water partition coefficient (Wildman–Crippen LogP) is 4.10. The lowest BCUT2D eigenvalue weighted by Crippen LogP contribution is -2.38. The van der Waals surface area contributed by atoms with E-state index in [1.807, 2.05) is 24.3 Å². The van der Waals surface area contributed by atoms with Crippen LogP contribution in [0.2, 0.25) is 0 Å². The number of carbonyl (C=O) groups excluding carboxylic acids is 1. The molecular formula is C20H18N2O2. The lowest BCUT2D eigenvalue weighted by molar-refractivity contribution is 0.137. The molecule has 2 heterocycles. The zero-order valence-corrected chi connectivity index (χ0v) is 13.5. The number of nitrogens with zero attached hydrogens (tertiary/aromatic N) is 2. The van der Waals surface area contributed by atoms with E-state index >= 15 is 0 Å². The van der Waals surface area contributed by atoms with E-state index in [0.717, 1.165) is 22.9 Å². The Balaban J connectivity index is 1.53. The molecule has 0 unspecified atom stereocenters. The maximum atomic E-state index is 12.2. The Morgan fingerprint density at radius 3 is 2.75 bits per heavy atom. The van der Waals surface area contributed by atoms with Crippen LogP contribution in [0.3, 0.4) is 0 Å². The normalized spacial score (nSPS) is 13.7. The summed E-state index contributed by atoms with van der Waals surface area (Å²) in [6.07, 6.45) is 0.489. The zero-order valence-electron chi connectivity index (χ0n) is 13.5. The third-order valence-electron chi connectivity index (χ3n) is 4.36. The molecule has 4 heteroatoms. The molecule has 1 aromatic heterocycles. The van der Waals surface area contributed by atoms with Gasteiger partial charge in [-0.25, -0.2) is 9.78 Å². The van der Waals surface area contributed by atoms with Gasteiger partial charge in [0.05, 0.1) is 12.1 Å². The fourth-order valence-corrected chi connectivity index (χ4v) is 2.95. The van der Waals surface area contributed by atoms with Crippen LogP contribution in [-0.4, -0.2) is 22.5 Å². The first kappa shape index (κ1) is 14.7. The highest BCUT2D eigenvalue weighted by Gasteiger charge is 2.26. The second-order valence-electron chi connectivity index (χ2n) is 6.17. The highest BCUT2D eigenvalue weighted by Crippen LogP contribution is 2.27. The maximum Gasteiger partial charge on any atom is 0.416 e. The average Bonchev–Trinajstić information content (AvgIpc) is 2.59. The fraction of sp³-hybridized carbons (Fsp3) is 0.200. The first-order valence-electron chi connectivity index (χ1n) is 8.10. The van der Waals surface area contributed by atoms with Gasteiger partial charge >= 0.3 is 6.09 Å². The molecule has 0 saturated carbocycles. The number of hydrogen-bond donors (Lipinski definition) is 0. The minimum absolute atomic E-state index is 0.322. The molecule has 0 bridgehead atoms.